The van der Waals surface area contributed by atoms with E-state index in [-0.39, 0.29) is 11.8 Å². The Bertz CT molecular complexity index is 930. The number of nitriles is 1. The largest absolute Gasteiger partial charge is 0.378 e. The van der Waals surface area contributed by atoms with Crippen molar-refractivity contribution >= 4 is 34.7 Å². The van der Waals surface area contributed by atoms with Crippen molar-refractivity contribution in [3.63, 3.8) is 0 Å². The van der Waals surface area contributed by atoms with Crippen LogP contribution in [0, 0.1) is 17.2 Å². The number of hydrogen-bond donors (Lipinski definition) is 1. The van der Waals surface area contributed by atoms with E-state index in [0.29, 0.717) is 23.8 Å². The predicted octanol–water partition coefficient (Wildman–Crippen LogP) is 3.30. The van der Waals surface area contributed by atoms with Crippen molar-refractivity contribution in [1.82, 2.24) is 4.98 Å². The molecule has 0 saturated carbocycles. The third kappa shape index (κ3) is 4.66. The van der Waals surface area contributed by atoms with Gasteiger partial charge in [0, 0.05) is 43.3 Å². The summed E-state index contributed by atoms with van der Waals surface area (Å²) < 4.78 is 5.44. The maximum Gasteiger partial charge on any atom is 0.227 e. The molecule has 1 aromatic heterocycles. The standard InChI is InChI=1S/C22H24ClN5O2/c23-18-2-3-20(27-9-11-30-12-10-27)19(13-18)26-22(29)17-5-7-28(8-6-17)21-4-1-16(14-24)15-25-21/h1-4,13,15,17H,5-12H2,(H,26,29). The van der Waals surface area contributed by atoms with Gasteiger partial charge in [-0.25, -0.2) is 4.98 Å². The third-order valence-corrected chi connectivity index (χ3v) is 5.87. The number of anilines is 3. The molecule has 2 aliphatic heterocycles. The topological polar surface area (TPSA) is 81.5 Å². The van der Waals surface area contributed by atoms with Gasteiger partial charge in [0.15, 0.2) is 0 Å². The molecule has 0 radical (unpaired) electrons. The number of nitrogens with one attached hydrogen (secondary N) is 1. The van der Waals surface area contributed by atoms with Gasteiger partial charge >= 0.3 is 0 Å². The number of halogens is 1. The van der Waals surface area contributed by atoms with Gasteiger partial charge in [-0.3, -0.25) is 4.79 Å². The zero-order valence-corrected chi connectivity index (χ0v) is 17.4. The maximum atomic E-state index is 13.0. The first-order chi connectivity index (χ1) is 14.6. The minimum absolute atomic E-state index is 0.0270. The Hall–Kier alpha value is -2.82. The predicted molar refractivity (Wildman–Crippen MR) is 117 cm³/mol. The Kier molecular flexibility index (Phi) is 6.36. The molecule has 30 heavy (non-hydrogen) atoms. The molecule has 7 nitrogen and oxygen atoms in total. The van der Waals surface area contributed by atoms with E-state index in [1.165, 1.54) is 0 Å². The first-order valence-electron chi connectivity index (χ1n) is 10.2. The summed E-state index contributed by atoms with van der Waals surface area (Å²) in [5.41, 5.74) is 2.28. The molecule has 2 aliphatic rings. The van der Waals surface area contributed by atoms with Crippen LogP contribution in [0.3, 0.4) is 0 Å². The second-order valence-corrected chi connectivity index (χ2v) is 7.96. The van der Waals surface area contributed by atoms with E-state index in [1.807, 2.05) is 24.3 Å². The van der Waals surface area contributed by atoms with Gasteiger partial charge in [-0.2, -0.15) is 5.26 Å². The van der Waals surface area contributed by atoms with Crippen molar-refractivity contribution in [3.8, 4) is 6.07 Å². The van der Waals surface area contributed by atoms with Crippen molar-refractivity contribution in [2.24, 2.45) is 5.92 Å². The molecule has 0 bridgehead atoms. The number of amides is 1. The fraction of sp³-hybridized carbons (Fsp3) is 0.409. The molecule has 0 atom stereocenters. The van der Waals surface area contributed by atoms with Gasteiger partial charge in [-0.05, 0) is 43.2 Å². The number of pyridine rings is 1. The van der Waals surface area contributed by atoms with Gasteiger partial charge in [-0.15, -0.1) is 0 Å². The van der Waals surface area contributed by atoms with Crippen LogP contribution in [0.1, 0.15) is 18.4 Å². The van der Waals surface area contributed by atoms with Crippen LogP contribution in [-0.4, -0.2) is 50.3 Å². The fourth-order valence-electron chi connectivity index (χ4n) is 3.93. The molecule has 2 aromatic rings. The number of nitrogens with zero attached hydrogens (tertiary/aromatic N) is 4. The van der Waals surface area contributed by atoms with Gasteiger partial charge in [0.1, 0.15) is 11.9 Å². The summed E-state index contributed by atoms with van der Waals surface area (Å²) in [5, 5.41) is 12.6. The molecule has 4 rings (SSSR count). The van der Waals surface area contributed by atoms with Crippen LogP contribution >= 0.6 is 11.6 Å². The first-order valence-corrected chi connectivity index (χ1v) is 10.6. The van der Waals surface area contributed by atoms with Gasteiger partial charge in [0.05, 0.1) is 30.2 Å². The van der Waals surface area contributed by atoms with E-state index in [1.54, 1.807) is 12.3 Å². The number of aromatic nitrogens is 1. The first kappa shape index (κ1) is 20.5. The number of rotatable bonds is 4. The molecule has 2 fully saturated rings. The van der Waals surface area contributed by atoms with Crippen molar-refractivity contribution in [1.29, 1.82) is 5.26 Å². The van der Waals surface area contributed by atoms with Crippen LogP contribution in [0.4, 0.5) is 17.2 Å². The summed E-state index contributed by atoms with van der Waals surface area (Å²) >= 11 is 6.21. The summed E-state index contributed by atoms with van der Waals surface area (Å²) in [7, 11) is 0. The summed E-state index contributed by atoms with van der Waals surface area (Å²) in [4.78, 5) is 21.7. The van der Waals surface area contributed by atoms with Crippen LogP contribution in [0.25, 0.3) is 0 Å². The third-order valence-electron chi connectivity index (χ3n) is 5.63. The highest BCUT2D eigenvalue weighted by molar-refractivity contribution is 6.31. The highest BCUT2D eigenvalue weighted by atomic mass is 35.5. The fourth-order valence-corrected chi connectivity index (χ4v) is 4.11. The number of carbonyl (C=O) groups excluding carboxylic acids is 1. The second kappa shape index (κ2) is 9.33. The number of piperidine rings is 1. The van der Waals surface area contributed by atoms with Crippen molar-refractivity contribution in [3.05, 3.63) is 47.1 Å². The van der Waals surface area contributed by atoms with E-state index in [9.17, 15) is 4.79 Å². The highest BCUT2D eigenvalue weighted by Gasteiger charge is 2.27. The molecule has 1 amide bonds. The van der Waals surface area contributed by atoms with Crippen LogP contribution in [-0.2, 0) is 9.53 Å². The van der Waals surface area contributed by atoms with Crippen molar-refractivity contribution < 1.29 is 9.53 Å². The number of benzene rings is 1. The molecular formula is C22H24ClN5O2. The molecule has 0 aliphatic carbocycles. The van der Waals surface area contributed by atoms with E-state index in [4.69, 9.17) is 21.6 Å². The average molecular weight is 426 g/mol. The number of ether oxygens (including phenoxy) is 1. The minimum atomic E-state index is -0.0591. The lowest BCUT2D eigenvalue weighted by Gasteiger charge is -2.33. The summed E-state index contributed by atoms with van der Waals surface area (Å²) in [5.74, 6) is 0.813. The zero-order valence-electron chi connectivity index (χ0n) is 16.7. The highest BCUT2D eigenvalue weighted by Crippen LogP contribution is 2.31. The van der Waals surface area contributed by atoms with Crippen molar-refractivity contribution in [2.75, 3.05) is 54.5 Å². The van der Waals surface area contributed by atoms with Crippen LogP contribution in [0.5, 0.6) is 0 Å². The SMILES string of the molecule is N#Cc1ccc(N2CCC(C(=O)Nc3cc(Cl)ccc3N3CCOCC3)CC2)nc1. The van der Waals surface area contributed by atoms with E-state index < -0.39 is 0 Å². The minimum Gasteiger partial charge on any atom is -0.378 e. The van der Waals surface area contributed by atoms with Crippen LogP contribution in [0.15, 0.2) is 36.5 Å². The van der Waals surface area contributed by atoms with Crippen LogP contribution < -0.4 is 15.1 Å². The van der Waals surface area contributed by atoms with Crippen molar-refractivity contribution in [2.45, 2.75) is 12.8 Å². The second-order valence-electron chi connectivity index (χ2n) is 7.53. The lowest BCUT2D eigenvalue weighted by atomic mass is 9.95. The van der Waals surface area contributed by atoms with Gasteiger partial charge < -0.3 is 19.9 Å². The van der Waals surface area contributed by atoms with Crippen LogP contribution in [0.2, 0.25) is 5.02 Å². The Labute approximate surface area is 181 Å². The molecule has 3 heterocycles. The average Bonchev–Trinajstić information content (AvgIpc) is 2.80. The Morgan fingerprint density at radius 2 is 1.90 bits per heavy atom. The maximum absolute atomic E-state index is 13.0. The Balaban J connectivity index is 1.39. The monoisotopic (exact) mass is 425 g/mol. The number of hydrogen-bond acceptors (Lipinski definition) is 6. The lowest BCUT2D eigenvalue weighted by Crippen LogP contribution is -2.39. The molecular weight excluding hydrogens is 402 g/mol. The summed E-state index contributed by atoms with van der Waals surface area (Å²) in [6, 6.07) is 11.3. The molecule has 2 saturated heterocycles. The summed E-state index contributed by atoms with van der Waals surface area (Å²) in [6.45, 7) is 4.45. The molecule has 156 valence electrons. The number of morpholine rings is 1. The molecule has 1 aromatic carbocycles. The molecule has 1 N–H and O–H groups in total. The Morgan fingerprint density at radius 3 is 2.57 bits per heavy atom. The molecule has 0 spiro atoms. The molecule has 8 heteroatoms. The van der Waals surface area contributed by atoms with Gasteiger partial charge in [0.25, 0.3) is 0 Å². The lowest BCUT2D eigenvalue weighted by molar-refractivity contribution is -0.120. The smallest absolute Gasteiger partial charge is 0.227 e. The van der Waals surface area contributed by atoms with E-state index >= 15 is 0 Å². The zero-order chi connectivity index (χ0) is 20.9. The van der Waals surface area contributed by atoms with E-state index in [2.05, 4.69) is 26.2 Å². The van der Waals surface area contributed by atoms with E-state index in [0.717, 1.165) is 56.2 Å². The number of carbonyl (C=O) groups is 1. The Morgan fingerprint density at radius 1 is 1.13 bits per heavy atom. The normalized spacial score (nSPS) is 17.5. The summed E-state index contributed by atoms with van der Waals surface area (Å²) in [6.07, 6.45) is 3.09. The quantitative estimate of drug-likeness (QED) is 0.809. The molecule has 0 unspecified atom stereocenters. The van der Waals surface area contributed by atoms with Gasteiger partial charge in [0.2, 0.25) is 5.91 Å². The van der Waals surface area contributed by atoms with Gasteiger partial charge in [-0.1, -0.05) is 11.6 Å².